The van der Waals surface area contributed by atoms with Crippen LogP contribution in [0.4, 0.5) is 11.5 Å². The topological polar surface area (TPSA) is 73.1 Å². The van der Waals surface area contributed by atoms with Gasteiger partial charge in [-0.25, -0.2) is 9.97 Å². The van der Waals surface area contributed by atoms with Gasteiger partial charge in [-0.15, -0.1) is 0 Å². The summed E-state index contributed by atoms with van der Waals surface area (Å²) in [7, 11) is 1.66. The Kier molecular flexibility index (Phi) is 3.41. The standard InChI is InChI=1S/C15H18N4O/c1-20-14-6-5-11(16)7-10(14)8-17-15-12-3-2-4-13(12)18-9-19-15/h5-7,9H,2-4,8,16H2,1H3,(H,17,18,19). The minimum atomic E-state index is 0.637. The first kappa shape index (κ1) is 12.7. The molecule has 0 atom stereocenters. The molecule has 5 heteroatoms. The highest BCUT2D eigenvalue weighted by atomic mass is 16.5. The second-order valence-electron chi connectivity index (χ2n) is 4.93. The van der Waals surface area contributed by atoms with Gasteiger partial charge in [-0.1, -0.05) is 0 Å². The molecule has 20 heavy (non-hydrogen) atoms. The lowest BCUT2D eigenvalue weighted by Crippen LogP contribution is -2.07. The molecule has 0 unspecified atom stereocenters. The van der Waals surface area contributed by atoms with Crippen molar-refractivity contribution in [3.8, 4) is 5.75 Å². The molecule has 0 saturated heterocycles. The molecule has 0 spiro atoms. The average Bonchev–Trinajstić information content (AvgIpc) is 2.94. The first-order valence-corrected chi connectivity index (χ1v) is 6.77. The average molecular weight is 270 g/mol. The summed E-state index contributed by atoms with van der Waals surface area (Å²) in [5, 5.41) is 3.38. The summed E-state index contributed by atoms with van der Waals surface area (Å²) in [6.45, 7) is 0.637. The minimum absolute atomic E-state index is 0.637. The summed E-state index contributed by atoms with van der Waals surface area (Å²) in [5.41, 5.74) is 10.0. The van der Waals surface area contributed by atoms with Crippen molar-refractivity contribution in [1.29, 1.82) is 0 Å². The van der Waals surface area contributed by atoms with E-state index in [1.165, 1.54) is 11.3 Å². The molecule has 3 N–H and O–H groups in total. The number of nitrogens with two attached hydrogens (primary N) is 1. The Labute approximate surface area is 118 Å². The Bertz CT molecular complexity index is 625. The molecule has 0 fully saturated rings. The second-order valence-corrected chi connectivity index (χ2v) is 4.93. The van der Waals surface area contributed by atoms with Crippen LogP contribution in [0.1, 0.15) is 23.2 Å². The van der Waals surface area contributed by atoms with Crippen molar-refractivity contribution in [3.05, 3.63) is 41.3 Å². The molecule has 0 radical (unpaired) electrons. The zero-order chi connectivity index (χ0) is 13.9. The van der Waals surface area contributed by atoms with Crippen molar-refractivity contribution in [3.63, 3.8) is 0 Å². The predicted octanol–water partition coefficient (Wildman–Crippen LogP) is 2.17. The van der Waals surface area contributed by atoms with Crippen LogP contribution in [0.2, 0.25) is 0 Å². The third-order valence-electron chi connectivity index (χ3n) is 3.63. The Morgan fingerprint density at radius 3 is 3.05 bits per heavy atom. The molecule has 3 rings (SSSR count). The van der Waals surface area contributed by atoms with Crippen LogP contribution < -0.4 is 15.8 Å². The molecule has 1 aliphatic rings. The minimum Gasteiger partial charge on any atom is -0.496 e. The van der Waals surface area contributed by atoms with Gasteiger partial charge in [0.25, 0.3) is 0 Å². The van der Waals surface area contributed by atoms with Gasteiger partial charge < -0.3 is 15.8 Å². The van der Waals surface area contributed by atoms with Crippen molar-refractivity contribution in [2.45, 2.75) is 25.8 Å². The molecular weight excluding hydrogens is 252 g/mol. The van der Waals surface area contributed by atoms with E-state index >= 15 is 0 Å². The maximum absolute atomic E-state index is 5.83. The van der Waals surface area contributed by atoms with E-state index in [9.17, 15) is 0 Å². The molecule has 1 aromatic heterocycles. The maximum atomic E-state index is 5.83. The van der Waals surface area contributed by atoms with Crippen LogP contribution >= 0.6 is 0 Å². The quantitative estimate of drug-likeness (QED) is 0.833. The monoisotopic (exact) mass is 270 g/mol. The fourth-order valence-electron chi connectivity index (χ4n) is 2.63. The molecule has 1 heterocycles. The van der Waals surface area contributed by atoms with Gasteiger partial charge in [-0.3, -0.25) is 0 Å². The molecule has 0 amide bonds. The number of nitrogen functional groups attached to an aromatic ring is 1. The first-order chi connectivity index (χ1) is 9.78. The Balaban J connectivity index is 1.80. The molecule has 104 valence electrons. The van der Waals surface area contributed by atoms with E-state index in [0.717, 1.165) is 42.1 Å². The predicted molar refractivity (Wildman–Crippen MR) is 78.8 cm³/mol. The van der Waals surface area contributed by atoms with Gasteiger partial charge in [0, 0.05) is 29.1 Å². The molecule has 5 nitrogen and oxygen atoms in total. The lowest BCUT2D eigenvalue weighted by atomic mass is 10.1. The second kappa shape index (κ2) is 5.36. The molecule has 1 aliphatic carbocycles. The molecule has 0 saturated carbocycles. The summed E-state index contributed by atoms with van der Waals surface area (Å²) in [6, 6.07) is 5.65. The van der Waals surface area contributed by atoms with Crippen LogP contribution in [-0.4, -0.2) is 17.1 Å². The van der Waals surface area contributed by atoms with Crippen molar-refractivity contribution < 1.29 is 4.74 Å². The molecule has 1 aromatic carbocycles. The van der Waals surface area contributed by atoms with Gasteiger partial charge in [0.2, 0.25) is 0 Å². The van der Waals surface area contributed by atoms with E-state index in [2.05, 4.69) is 15.3 Å². The molecular formula is C15H18N4O. The van der Waals surface area contributed by atoms with Crippen molar-refractivity contribution in [2.75, 3.05) is 18.2 Å². The van der Waals surface area contributed by atoms with Crippen molar-refractivity contribution in [2.24, 2.45) is 0 Å². The maximum Gasteiger partial charge on any atom is 0.133 e. The van der Waals surface area contributed by atoms with Crippen molar-refractivity contribution in [1.82, 2.24) is 9.97 Å². The fraction of sp³-hybridized carbons (Fsp3) is 0.333. The number of aryl methyl sites for hydroxylation is 1. The zero-order valence-electron chi connectivity index (χ0n) is 11.5. The van der Waals surface area contributed by atoms with Gasteiger partial charge in [0.15, 0.2) is 0 Å². The Morgan fingerprint density at radius 1 is 1.30 bits per heavy atom. The van der Waals surface area contributed by atoms with Crippen molar-refractivity contribution >= 4 is 11.5 Å². The summed E-state index contributed by atoms with van der Waals surface area (Å²) in [4.78, 5) is 8.68. The fourth-order valence-corrected chi connectivity index (χ4v) is 2.63. The Morgan fingerprint density at radius 2 is 2.20 bits per heavy atom. The van der Waals surface area contributed by atoms with Gasteiger partial charge in [0.1, 0.15) is 17.9 Å². The third kappa shape index (κ3) is 2.39. The summed E-state index contributed by atoms with van der Waals surface area (Å²) in [6.07, 6.45) is 4.88. The van der Waals surface area contributed by atoms with E-state index in [1.54, 1.807) is 13.4 Å². The van der Waals surface area contributed by atoms with Crippen LogP contribution in [0.5, 0.6) is 5.75 Å². The molecule has 2 aromatic rings. The van der Waals surface area contributed by atoms with E-state index in [-0.39, 0.29) is 0 Å². The van der Waals surface area contributed by atoms with Crippen LogP contribution in [0.15, 0.2) is 24.5 Å². The number of ether oxygens (including phenoxy) is 1. The third-order valence-corrected chi connectivity index (χ3v) is 3.63. The summed E-state index contributed by atoms with van der Waals surface area (Å²) >= 11 is 0. The lowest BCUT2D eigenvalue weighted by molar-refractivity contribution is 0.410. The number of benzene rings is 1. The van der Waals surface area contributed by atoms with E-state index in [4.69, 9.17) is 10.5 Å². The number of nitrogens with one attached hydrogen (secondary N) is 1. The number of rotatable bonds is 4. The number of hydrogen-bond donors (Lipinski definition) is 2. The van der Waals surface area contributed by atoms with Crippen LogP contribution in [0.3, 0.4) is 0 Å². The van der Waals surface area contributed by atoms with Gasteiger partial charge in [-0.05, 0) is 37.5 Å². The highest BCUT2D eigenvalue weighted by molar-refractivity contribution is 5.52. The zero-order valence-corrected chi connectivity index (χ0v) is 11.5. The number of aromatic nitrogens is 2. The van der Waals surface area contributed by atoms with Crippen LogP contribution in [-0.2, 0) is 19.4 Å². The van der Waals surface area contributed by atoms with Gasteiger partial charge in [-0.2, -0.15) is 0 Å². The first-order valence-electron chi connectivity index (χ1n) is 6.77. The van der Waals surface area contributed by atoms with E-state index < -0.39 is 0 Å². The normalized spacial score (nSPS) is 13.1. The van der Waals surface area contributed by atoms with Gasteiger partial charge in [0.05, 0.1) is 7.11 Å². The lowest BCUT2D eigenvalue weighted by Gasteiger charge is -2.12. The number of methoxy groups -OCH3 is 1. The highest BCUT2D eigenvalue weighted by Gasteiger charge is 2.17. The SMILES string of the molecule is COc1ccc(N)cc1CNc1ncnc2c1CCC2. The van der Waals surface area contributed by atoms with Crippen LogP contribution in [0.25, 0.3) is 0 Å². The molecule has 0 bridgehead atoms. The van der Waals surface area contributed by atoms with Crippen LogP contribution in [0, 0.1) is 0 Å². The largest absolute Gasteiger partial charge is 0.496 e. The summed E-state index contributed by atoms with van der Waals surface area (Å²) < 4.78 is 5.35. The smallest absolute Gasteiger partial charge is 0.133 e. The number of fused-ring (bicyclic) bond motifs is 1. The number of hydrogen-bond acceptors (Lipinski definition) is 5. The van der Waals surface area contributed by atoms with E-state index in [0.29, 0.717) is 6.54 Å². The highest BCUT2D eigenvalue weighted by Crippen LogP contribution is 2.27. The molecule has 0 aliphatic heterocycles. The van der Waals surface area contributed by atoms with Gasteiger partial charge >= 0.3 is 0 Å². The number of anilines is 2. The Hall–Kier alpha value is -2.30. The summed E-state index contributed by atoms with van der Waals surface area (Å²) in [5.74, 6) is 1.76. The van der Waals surface area contributed by atoms with E-state index in [1.807, 2.05) is 18.2 Å². The number of nitrogens with zero attached hydrogens (tertiary/aromatic N) is 2.